The maximum Gasteiger partial charge on any atom is 0.345 e. The van der Waals surface area contributed by atoms with Crippen molar-refractivity contribution in [1.82, 2.24) is 15.0 Å². The summed E-state index contributed by atoms with van der Waals surface area (Å²) in [5.41, 5.74) is 1.49. The number of halogens is 1. The highest BCUT2D eigenvalue weighted by Crippen LogP contribution is 2.07. The smallest absolute Gasteiger partial charge is 0.310 e. The summed E-state index contributed by atoms with van der Waals surface area (Å²) in [6.07, 6.45) is 4.61. The summed E-state index contributed by atoms with van der Waals surface area (Å²) in [6, 6.07) is 5.47. The number of nitrogens with one attached hydrogen (secondary N) is 1. The Morgan fingerprint density at radius 2 is 2.06 bits per heavy atom. The van der Waals surface area contributed by atoms with E-state index in [1.54, 1.807) is 18.3 Å². The van der Waals surface area contributed by atoms with Crippen LogP contribution in [0, 0.1) is 0 Å². The van der Waals surface area contributed by atoms with E-state index in [1.165, 1.54) is 6.20 Å². The Morgan fingerprint density at radius 1 is 1.19 bits per heavy atom. The molecule has 2 aromatic rings. The second-order valence-corrected chi connectivity index (χ2v) is 3.80. The molecule has 0 unspecified atom stereocenters. The van der Waals surface area contributed by atoms with Crippen molar-refractivity contribution in [3.8, 4) is 0 Å². The fourth-order valence-electron chi connectivity index (χ4n) is 1.37. The molecule has 0 bridgehead atoms. The zero-order valence-electron chi connectivity index (χ0n) is 8.48. The molecule has 0 fully saturated rings. The molecular weight excluding hydrogens is 226 g/mol. The van der Waals surface area contributed by atoms with Gasteiger partial charge in [-0.05, 0) is 31.0 Å². The first kappa shape index (κ1) is 10.8. The lowest BCUT2D eigenvalue weighted by Gasteiger charge is -2.00. The molecule has 0 spiro atoms. The van der Waals surface area contributed by atoms with Gasteiger partial charge in [0.25, 0.3) is 0 Å². The van der Waals surface area contributed by atoms with Crippen molar-refractivity contribution >= 4 is 11.6 Å². The van der Waals surface area contributed by atoms with E-state index in [0.717, 1.165) is 24.2 Å². The number of hydrogen-bond donors (Lipinski definition) is 1. The summed E-state index contributed by atoms with van der Waals surface area (Å²) in [5, 5.41) is 0.626. The lowest BCUT2D eigenvalue weighted by Crippen LogP contribution is -2.11. The molecule has 4 nitrogen and oxygen atoms in total. The van der Waals surface area contributed by atoms with Crippen LogP contribution in [-0.2, 0) is 12.8 Å². The number of rotatable bonds is 3. The van der Waals surface area contributed by atoms with Crippen LogP contribution in [0.25, 0.3) is 0 Å². The number of pyridine rings is 1. The molecule has 0 amide bonds. The van der Waals surface area contributed by atoms with Crippen molar-refractivity contribution in [3.05, 3.63) is 57.5 Å². The molecule has 2 aromatic heterocycles. The average molecular weight is 236 g/mol. The van der Waals surface area contributed by atoms with Crippen LogP contribution < -0.4 is 5.69 Å². The zero-order valence-corrected chi connectivity index (χ0v) is 9.24. The minimum absolute atomic E-state index is 0.318. The highest BCUT2D eigenvalue weighted by atomic mass is 35.5. The maximum absolute atomic E-state index is 10.9. The Kier molecular flexibility index (Phi) is 3.31. The molecule has 2 heterocycles. The van der Waals surface area contributed by atoms with Crippen molar-refractivity contribution in [2.45, 2.75) is 12.8 Å². The predicted molar refractivity (Wildman–Crippen MR) is 61.5 cm³/mol. The maximum atomic E-state index is 10.9. The van der Waals surface area contributed by atoms with E-state index in [4.69, 9.17) is 11.6 Å². The zero-order chi connectivity index (χ0) is 11.4. The monoisotopic (exact) mass is 235 g/mol. The lowest BCUT2D eigenvalue weighted by molar-refractivity contribution is 0.857. The van der Waals surface area contributed by atoms with Gasteiger partial charge in [0.1, 0.15) is 0 Å². The fraction of sp³-hybridized carbons (Fsp3) is 0.182. The van der Waals surface area contributed by atoms with Gasteiger partial charge in [-0.15, -0.1) is 0 Å². The van der Waals surface area contributed by atoms with Gasteiger partial charge in [-0.3, -0.25) is 4.98 Å². The van der Waals surface area contributed by atoms with E-state index < -0.39 is 0 Å². The summed E-state index contributed by atoms with van der Waals surface area (Å²) < 4.78 is 0. The third-order valence-corrected chi connectivity index (χ3v) is 2.40. The van der Waals surface area contributed by atoms with Crippen LogP contribution in [0.1, 0.15) is 11.4 Å². The first-order chi connectivity index (χ1) is 7.74. The number of aromatic nitrogens is 3. The quantitative estimate of drug-likeness (QED) is 0.879. The first-order valence-corrected chi connectivity index (χ1v) is 5.26. The van der Waals surface area contributed by atoms with Crippen LogP contribution in [-0.4, -0.2) is 15.0 Å². The standard InChI is InChI=1S/C11H10ClN3O/c12-8-1-2-9(14-7-8)3-4-10-5-6-13-11(16)15-10/h1-2,5-7H,3-4H2,(H,13,15,16). The lowest BCUT2D eigenvalue weighted by atomic mass is 10.2. The SMILES string of the molecule is O=c1nccc(CCc2ccc(Cl)cn2)[nH]1. The van der Waals surface area contributed by atoms with Crippen LogP contribution in [0.2, 0.25) is 5.02 Å². The van der Waals surface area contributed by atoms with Crippen molar-refractivity contribution in [2.75, 3.05) is 0 Å². The van der Waals surface area contributed by atoms with Gasteiger partial charge in [0.2, 0.25) is 0 Å². The Bertz CT molecular complexity index is 521. The third-order valence-electron chi connectivity index (χ3n) is 2.17. The fourth-order valence-corrected chi connectivity index (χ4v) is 1.48. The molecule has 16 heavy (non-hydrogen) atoms. The molecule has 1 N–H and O–H groups in total. The number of aryl methyl sites for hydroxylation is 2. The van der Waals surface area contributed by atoms with Crippen molar-refractivity contribution < 1.29 is 0 Å². The number of nitrogens with zero attached hydrogens (tertiary/aromatic N) is 2. The van der Waals surface area contributed by atoms with Gasteiger partial charge in [0.15, 0.2) is 0 Å². The molecule has 0 aliphatic heterocycles. The molecule has 0 saturated heterocycles. The third kappa shape index (κ3) is 2.90. The molecule has 0 aromatic carbocycles. The molecule has 0 radical (unpaired) electrons. The van der Waals surface area contributed by atoms with Gasteiger partial charge in [-0.1, -0.05) is 11.6 Å². The molecule has 0 aliphatic carbocycles. The normalized spacial score (nSPS) is 10.3. The summed E-state index contributed by atoms with van der Waals surface area (Å²) >= 11 is 5.73. The molecule has 2 rings (SSSR count). The van der Waals surface area contributed by atoms with Crippen LogP contribution in [0.15, 0.2) is 35.4 Å². The minimum Gasteiger partial charge on any atom is -0.310 e. The highest BCUT2D eigenvalue weighted by Gasteiger charge is 1.98. The Balaban J connectivity index is 2.02. The largest absolute Gasteiger partial charge is 0.345 e. The number of hydrogen-bond acceptors (Lipinski definition) is 3. The topological polar surface area (TPSA) is 58.6 Å². The van der Waals surface area contributed by atoms with Gasteiger partial charge < -0.3 is 4.98 Å². The minimum atomic E-state index is -0.318. The van der Waals surface area contributed by atoms with Gasteiger partial charge >= 0.3 is 5.69 Å². The van der Waals surface area contributed by atoms with Crippen molar-refractivity contribution in [1.29, 1.82) is 0 Å². The number of H-pyrrole nitrogens is 1. The van der Waals surface area contributed by atoms with E-state index in [1.807, 2.05) is 6.07 Å². The summed E-state index contributed by atoms with van der Waals surface area (Å²) in [7, 11) is 0. The average Bonchev–Trinajstić information content (AvgIpc) is 2.28. The second kappa shape index (κ2) is 4.90. The highest BCUT2D eigenvalue weighted by molar-refractivity contribution is 6.30. The predicted octanol–water partition coefficient (Wildman–Crippen LogP) is 1.60. The number of aromatic amines is 1. The molecular formula is C11H10ClN3O. The van der Waals surface area contributed by atoms with E-state index >= 15 is 0 Å². The molecule has 5 heteroatoms. The van der Waals surface area contributed by atoms with Crippen LogP contribution in [0.3, 0.4) is 0 Å². The first-order valence-electron chi connectivity index (χ1n) is 4.89. The van der Waals surface area contributed by atoms with Crippen LogP contribution >= 0.6 is 11.6 Å². The second-order valence-electron chi connectivity index (χ2n) is 3.37. The molecule has 82 valence electrons. The molecule has 0 atom stereocenters. The van der Waals surface area contributed by atoms with Gasteiger partial charge in [-0.2, -0.15) is 0 Å². The van der Waals surface area contributed by atoms with E-state index in [0.29, 0.717) is 5.02 Å². The molecule has 0 saturated carbocycles. The van der Waals surface area contributed by atoms with E-state index in [9.17, 15) is 4.79 Å². The van der Waals surface area contributed by atoms with Crippen molar-refractivity contribution in [2.24, 2.45) is 0 Å². The Hall–Kier alpha value is -1.68. The van der Waals surface area contributed by atoms with Gasteiger partial charge in [0.05, 0.1) is 5.02 Å². The summed E-state index contributed by atoms with van der Waals surface area (Å²) in [6.45, 7) is 0. The summed E-state index contributed by atoms with van der Waals surface area (Å²) in [5.74, 6) is 0. The van der Waals surface area contributed by atoms with Gasteiger partial charge in [-0.25, -0.2) is 9.78 Å². The Morgan fingerprint density at radius 3 is 2.75 bits per heavy atom. The van der Waals surface area contributed by atoms with Gasteiger partial charge in [0, 0.05) is 23.8 Å². The van der Waals surface area contributed by atoms with Crippen molar-refractivity contribution in [3.63, 3.8) is 0 Å². The molecule has 0 aliphatic rings. The van der Waals surface area contributed by atoms with E-state index in [-0.39, 0.29) is 5.69 Å². The summed E-state index contributed by atoms with van der Waals surface area (Å²) in [4.78, 5) is 21.4. The van der Waals surface area contributed by atoms with Crippen LogP contribution in [0.5, 0.6) is 0 Å². The van der Waals surface area contributed by atoms with E-state index in [2.05, 4.69) is 15.0 Å². The Labute approximate surface area is 97.3 Å². The van der Waals surface area contributed by atoms with Crippen LogP contribution in [0.4, 0.5) is 0 Å².